The van der Waals surface area contributed by atoms with Gasteiger partial charge in [0.1, 0.15) is 0 Å². The summed E-state index contributed by atoms with van der Waals surface area (Å²) in [4.78, 5) is 2.21. The summed E-state index contributed by atoms with van der Waals surface area (Å²) >= 11 is 0. The Bertz CT molecular complexity index is 369. The molecule has 1 aromatic rings. The summed E-state index contributed by atoms with van der Waals surface area (Å²) in [5, 5.41) is 3.31. The molecule has 0 aliphatic carbocycles. The number of halogens is 2. The molecule has 18 heavy (non-hydrogen) atoms. The van der Waals surface area contributed by atoms with E-state index in [1.165, 1.54) is 0 Å². The highest BCUT2D eigenvalue weighted by atomic mass is 19.2. The topological polar surface area (TPSA) is 15.3 Å². The lowest BCUT2D eigenvalue weighted by Gasteiger charge is -2.20. The number of nitrogens with zero attached hydrogens (tertiary/aromatic N) is 1. The Morgan fingerprint density at radius 2 is 2.06 bits per heavy atom. The normalized spacial score (nSPS) is 13.0. The highest BCUT2D eigenvalue weighted by molar-refractivity contribution is 5.19. The van der Waals surface area contributed by atoms with E-state index >= 15 is 0 Å². The van der Waals surface area contributed by atoms with Crippen molar-refractivity contribution >= 4 is 0 Å². The fourth-order valence-corrected chi connectivity index (χ4v) is 1.86. The first-order chi connectivity index (χ1) is 8.54. The molecule has 0 saturated carbocycles. The van der Waals surface area contributed by atoms with Crippen molar-refractivity contribution in [1.82, 2.24) is 10.2 Å². The van der Waals surface area contributed by atoms with Crippen LogP contribution in [0.3, 0.4) is 0 Å². The van der Waals surface area contributed by atoms with E-state index in [9.17, 15) is 8.78 Å². The number of rotatable bonds is 7. The number of benzene rings is 1. The molecule has 1 N–H and O–H groups in total. The number of likely N-dealkylation sites (N-methyl/N-ethyl adjacent to an activating group) is 1. The van der Waals surface area contributed by atoms with Gasteiger partial charge in [0.15, 0.2) is 11.6 Å². The van der Waals surface area contributed by atoms with E-state index in [1.54, 1.807) is 12.1 Å². The molecule has 0 radical (unpaired) electrons. The summed E-state index contributed by atoms with van der Waals surface area (Å²) in [5.74, 6) is -1.50. The van der Waals surface area contributed by atoms with Gasteiger partial charge >= 0.3 is 0 Å². The largest absolute Gasteiger partial charge is 0.313 e. The van der Waals surface area contributed by atoms with E-state index in [2.05, 4.69) is 31.1 Å². The lowest BCUT2D eigenvalue weighted by molar-refractivity contribution is 0.310. The van der Waals surface area contributed by atoms with Crippen molar-refractivity contribution in [3.8, 4) is 0 Å². The summed E-state index contributed by atoms with van der Waals surface area (Å²) in [5.41, 5.74) is 0.429. The molecule has 0 aromatic heterocycles. The van der Waals surface area contributed by atoms with E-state index in [0.29, 0.717) is 24.6 Å². The third-order valence-corrected chi connectivity index (χ3v) is 3.04. The molecule has 0 spiro atoms. The van der Waals surface area contributed by atoms with Gasteiger partial charge < -0.3 is 10.2 Å². The number of hydrogen-bond acceptors (Lipinski definition) is 2. The average molecular weight is 256 g/mol. The molecule has 1 unspecified atom stereocenters. The first kappa shape index (κ1) is 15.1. The summed E-state index contributed by atoms with van der Waals surface area (Å²) < 4.78 is 26.4. The monoisotopic (exact) mass is 256 g/mol. The molecule has 1 aromatic carbocycles. The Kier molecular flexibility index (Phi) is 6.22. The van der Waals surface area contributed by atoms with Crippen LogP contribution < -0.4 is 5.32 Å². The van der Waals surface area contributed by atoms with Crippen LogP contribution in [-0.4, -0.2) is 37.6 Å². The Morgan fingerprint density at radius 1 is 1.33 bits per heavy atom. The van der Waals surface area contributed by atoms with Gasteiger partial charge in [-0.05, 0) is 45.1 Å². The van der Waals surface area contributed by atoms with Crippen molar-refractivity contribution in [2.24, 2.45) is 0 Å². The SMILES string of the molecule is CCN(C)CC(C)NCCc1cccc(F)c1F. The molecule has 0 amide bonds. The second kappa shape index (κ2) is 7.44. The fourth-order valence-electron chi connectivity index (χ4n) is 1.86. The lowest BCUT2D eigenvalue weighted by atomic mass is 10.1. The first-order valence-corrected chi connectivity index (χ1v) is 6.39. The Hall–Kier alpha value is -1.00. The smallest absolute Gasteiger partial charge is 0.162 e. The van der Waals surface area contributed by atoms with Gasteiger partial charge in [0.25, 0.3) is 0 Å². The molecular weight excluding hydrogens is 234 g/mol. The fraction of sp³-hybridized carbons (Fsp3) is 0.571. The quantitative estimate of drug-likeness (QED) is 0.806. The minimum atomic E-state index is -0.772. The summed E-state index contributed by atoms with van der Waals surface area (Å²) in [7, 11) is 2.06. The third kappa shape index (κ3) is 4.70. The minimum Gasteiger partial charge on any atom is -0.313 e. The highest BCUT2D eigenvalue weighted by Gasteiger charge is 2.08. The molecule has 0 bridgehead atoms. The van der Waals surface area contributed by atoms with Gasteiger partial charge in [0.05, 0.1) is 0 Å². The van der Waals surface area contributed by atoms with E-state index < -0.39 is 11.6 Å². The van der Waals surface area contributed by atoms with Crippen molar-refractivity contribution in [3.05, 3.63) is 35.4 Å². The van der Waals surface area contributed by atoms with Crippen molar-refractivity contribution < 1.29 is 8.78 Å². The van der Waals surface area contributed by atoms with Crippen LogP contribution in [0.15, 0.2) is 18.2 Å². The van der Waals surface area contributed by atoms with Crippen LogP contribution in [0.1, 0.15) is 19.4 Å². The molecule has 102 valence electrons. The molecular formula is C14H22F2N2. The van der Waals surface area contributed by atoms with Crippen LogP contribution in [0.2, 0.25) is 0 Å². The van der Waals surface area contributed by atoms with Crippen LogP contribution in [-0.2, 0) is 6.42 Å². The van der Waals surface area contributed by atoms with Crippen LogP contribution >= 0.6 is 0 Å². The van der Waals surface area contributed by atoms with Gasteiger partial charge in [0.2, 0.25) is 0 Å². The zero-order valence-corrected chi connectivity index (χ0v) is 11.3. The molecule has 1 atom stereocenters. The second-order valence-electron chi connectivity index (χ2n) is 4.67. The van der Waals surface area contributed by atoms with Gasteiger partial charge in [0, 0.05) is 12.6 Å². The maximum Gasteiger partial charge on any atom is 0.162 e. The molecule has 0 aliphatic rings. The standard InChI is InChI=1S/C14H22F2N2/c1-4-18(3)10-11(2)17-9-8-12-6-5-7-13(15)14(12)16/h5-7,11,17H,4,8-10H2,1-3H3. The average Bonchev–Trinajstić information content (AvgIpc) is 2.34. The van der Waals surface area contributed by atoms with Crippen molar-refractivity contribution in [2.45, 2.75) is 26.3 Å². The van der Waals surface area contributed by atoms with E-state index in [4.69, 9.17) is 0 Å². The second-order valence-corrected chi connectivity index (χ2v) is 4.67. The lowest BCUT2D eigenvalue weighted by Crippen LogP contribution is -2.38. The van der Waals surface area contributed by atoms with E-state index in [1.807, 2.05) is 0 Å². The Morgan fingerprint density at radius 3 is 2.72 bits per heavy atom. The maximum absolute atomic E-state index is 13.4. The summed E-state index contributed by atoms with van der Waals surface area (Å²) in [6, 6.07) is 4.65. The number of hydrogen-bond donors (Lipinski definition) is 1. The predicted molar refractivity (Wildman–Crippen MR) is 70.7 cm³/mol. The summed E-state index contributed by atoms with van der Waals surface area (Å²) in [6.45, 7) is 6.80. The molecule has 0 saturated heterocycles. The first-order valence-electron chi connectivity index (χ1n) is 6.39. The van der Waals surface area contributed by atoms with Crippen LogP contribution in [0.25, 0.3) is 0 Å². The zero-order chi connectivity index (χ0) is 13.5. The molecule has 0 aliphatic heterocycles. The predicted octanol–water partition coefficient (Wildman–Crippen LogP) is 2.44. The summed E-state index contributed by atoms with van der Waals surface area (Å²) in [6.07, 6.45) is 0.504. The molecule has 4 heteroatoms. The van der Waals surface area contributed by atoms with Crippen LogP contribution in [0.4, 0.5) is 8.78 Å². The number of nitrogens with one attached hydrogen (secondary N) is 1. The minimum absolute atomic E-state index is 0.339. The van der Waals surface area contributed by atoms with Crippen molar-refractivity contribution in [3.63, 3.8) is 0 Å². The Labute approximate surface area is 108 Å². The van der Waals surface area contributed by atoms with Crippen molar-refractivity contribution in [2.75, 3.05) is 26.7 Å². The highest BCUT2D eigenvalue weighted by Crippen LogP contribution is 2.11. The molecule has 0 heterocycles. The van der Waals surface area contributed by atoms with Gasteiger partial charge in [-0.25, -0.2) is 8.78 Å². The molecule has 2 nitrogen and oxygen atoms in total. The van der Waals surface area contributed by atoms with Gasteiger partial charge in [-0.15, -0.1) is 0 Å². The van der Waals surface area contributed by atoms with Gasteiger partial charge in [-0.3, -0.25) is 0 Å². The van der Waals surface area contributed by atoms with Crippen molar-refractivity contribution in [1.29, 1.82) is 0 Å². The van der Waals surface area contributed by atoms with Crippen LogP contribution in [0, 0.1) is 11.6 Å². The maximum atomic E-state index is 13.4. The molecule has 0 fully saturated rings. The zero-order valence-electron chi connectivity index (χ0n) is 11.3. The molecule has 1 rings (SSSR count). The van der Waals surface area contributed by atoms with E-state index in [-0.39, 0.29) is 0 Å². The van der Waals surface area contributed by atoms with Crippen LogP contribution in [0.5, 0.6) is 0 Å². The van der Waals surface area contributed by atoms with Gasteiger partial charge in [-0.2, -0.15) is 0 Å². The third-order valence-electron chi connectivity index (χ3n) is 3.04. The Balaban J connectivity index is 2.35. The van der Waals surface area contributed by atoms with E-state index in [0.717, 1.165) is 19.2 Å². The van der Waals surface area contributed by atoms with Gasteiger partial charge in [-0.1, -0.05) is 19.1 Å².